The molecule has 0 N–H and O–H groups in total. The highest BCUT2D eigenvalue weighted by Crippen LogP contribution is 2.30. The summed E-state index contributed by atoms with van der Waals surface area (Å²) in [5, 5.41) is 0. The van der Waals surface area contributed by atoms with Crippen LogP contribution in [0.15, 0.2) is 12.3 Å². The molecule has 0 saturated carbocycles. The molecule has 7 heteroatoms. The molecule has 1 atom stereocenters. The van der Waals surface area contributed by atoms with E-state index in [0.717, 1.165) is 68.0 Å². The van der Waals surface area contributed by atoms with E-state index in [4.69, 9.17) is 15.0 Å². The molecule has 2 aliphatic heterocycles. The lowest BCUT2D eigenvalue weighted by Gasteiger charge is -2.33. The molecule has 0 unspecified atom stereocenters. The van der Waals surface area contributed by atoms with Crippen molar-refractivity contribution in [2.75, 3.05) is 55.0 Å². The minimum absolute atomic E-state index is 0.393. The third-order valence-electron chi connectivity index (χ3n) is 5.75. The molecule has 0 amide bonds. The number of rotatable bonds is 4. The van der Waals surface area contributed by atoms with Gasteiger partial charge in [0, 0.05) is 64.0 Å². The first-order valence-corrected chi connectivity index (χ1v) is 10.4. The van der Waals surface area contributed by atoms with Gasteiger partial charge in [-0.25, -0.2) is 15.0 Å². The quantitative estimate of drug-likeness (QED) is 0.807. The fourth-order valence-electron chi connectivity index (χ4n) is 4.32. The predicted molar refractivity (Wildman–Crippen MR) is 114 cm³/mol. The van der Waals surface area contributed by atoms with Gasteiger partial charge in [0.05, 0.1) is 5.69 Å². The van der Waals surface area contributed by atoms with Gasteiger partial charge in [-0.1, -0.05) is 0 Å². The Labute approximate surface area is 167 Å². The normalized spacial score (nSPS) is 19.9. The highest BCUT2D eigenvalue weighted by molar-refractivity contribution is 5.49. The van der Waals surface area contributed by atoms with Gasteiger partial charge in [-0.3, -0.25) is 0 Å². The summed E-state index contributed by atoms with van der Waals surface area (Å²) in [5.41, 5.74) is 2.27. The molecule has 2 saturated heterocycles. The van der Waals surface area contributed by atoms with Gasteiger partial charge in [0.1, 0.15) is 17.5 Å². The maximum atomic E-state index is 4.82. The fraction of sp³-hybridized carbons (Fsp3) is 0.619. The number of aryl methyl sites for hydroxylation is 2. The van der Waals surface area contributed by atoms with Crippen molar-refractivity contribution in [3.05, 3.63) is 29.3 Å². The molecular formula is C21H31N7. The van der Waals surface area contributed by atoms with Gasteiger partial charge in [-0.15, -0.1) is 0 Å². The van der Waals surface area contributed by atoms with Crippen LogP contribution < -0.4 is 14.7 Å². The first kappa shape index (κ1) is 18.9. The van der Waals surface area contributed by atoms with Gasteiger partial charge < -0.3 is 14.7 Å². The van der Waals surface area contributed by atoms with E-state index in [0.29, 0.717) is 5.92 Å². The number of hydrogen-bond donors (Lipinski definition) is 0. The van der Waals surface area contributed by atoms with E-state index in [1.54, 1.807) is 0 Å². The Morgan fingerprint density at radius 2 is 1.71 bits per heavy atom. The lowest BCUT2D eigenvalue weighted by atomic mass is 9.94. The van der Waals surface area contributed by atoms with Crippen molar-refractivity contribution in [3.8, 4) is 0 Å². The van der Waals surface area contributed by atoms with E-state index < -0.39 is 0 Å². The van der Waals surface area contributed by atoms with E-state index in [9.17, 15) is 0 Å². The topological polar surface area (TPSA) is 61.3 Å². The molecule has 2 aliphatic rings. The Balaban J connectivity index is 1.57. The highest BCUT2D eigenvalue weighted by atomic mass is 15.3. The van der Waals surface area contributed by atoms with Crippen LogP contribution >= 0.6 is 0 Å². The van der Waals surface area contributed by atoms with Crippen LogP contribution in [0.1, 0.15) is 48.7 Å². The van der Waals surface area contributed by atoms with Crippen molar-refractivity contribution >= 4 is 17.6 Å². The van der Waals surface area contributed by atoms with Gasteiger partial charge >= 0.3 is 0 Å². The number of hydrogen-bond acceptors (Lipinski definition) is 7. The predicted octanol–water partition coefficient (Wildman–Crippen LogP) is 2.93. The molecule has 0 bridgehead atoms. The zero-order valence-electron chi connectivity index (χ0n) is 17.5. The number of piperidine rings is 1. The fourth-order valence-corrected chi connectivity index (χ4v) is 4.32. The molecule has 2 aromatic rings. The van der Waals surface area contributed by atoms with Crippen molar-refractivity contribution in [2.24, 2.45) is 0 Å². The average Bonchev–Trinajstić information content (AvgIpc) is 3.23. The highest BCUT2D eigenvalue weighted by Gasteiger charge is 2.26. The van der Waals surface area contributed by atoms with Gasteiger partial charge in [-0.05, 0) is 39.5 Å². The second-order valence-corrected chi connectivity index (χ2v) is 8.25. The molecule has 4 rings (SSSR count). The van der Waals surface area contributed by atoms with Crippen LogP contribution in [0.2, 0.25) is 0 Å². The van der Waals surface area contributed by atoms with E-state index in [1.807, 2.05) is 27.2 Å². The molecule has 2 fully saturated rings. The molecule has 4 heterocycles. The SMILES string of the molecule is Cc1nc([C@@H]2CCCN(c3ncc(C)c(N(C)C)n3)C2)cc(N2CCCC2)n1. The summed E-state index contributed by atoms with van der Waals surface area (Å²) in [6, 6.07) is 2.22. The Bertz CT molecular complexity index is 829. The molecule has 7 nitrogen and oxygen atoms in total. The van der Waals surface area contributed by atoms with Gasteiger partial charge in [-0.2, -0.15) is 4.98 Å². The summed E-state index contributed by atoms with van der Waals surface area (Å²) in [4.78, 5) is 25.7. The smallest absolute Gasteiger partial charge is 0.227 e. The maximum Gasteiger partial charge on any atom is 0.227 e. The third-order valence-corrected chi connectivity index (χ3v) is 5.75. The van der Waals surface area contributed by atoms with Crippen molar-refractivity contribution in [3.63, 3.8) is 0 Å². The second kappa shape index (κ2) is 7.89. The van der Waals surface area contributed by atoms with Crippen molar-refractivity contribution in [1.29, 1.82) is 0 Å². The Hall–Kier alpha value is -2.44. The standard InChI is InChI=1S/C21H31N7/c1-15-13-22-21(25-20(15)26(3)4)28-11-7-8-17(14-28)18-12-19(24-16(2)23-18)27-9-5-6-10-27/h12-13,17H,5-11,14H2,1-4H3/t17-/m1/s1. The zero-order chi connectivity index (χ0) is 19.7. The lowest BCUT2D eigenvalue weighted by molar-refractivity contribution is 0.493. The number of aromatic nitrogens is 4. The summed E-state index contributed by atoms with van der Waals surface area (Å²) in [6.45, 7) is 8.19. The van der Waals surface area contributed by atoms with E-state index in [2.05, 4.69) is 32.7 Å². The maximum absolute atomic E-state index is 4.82. The van der Waals surface area contributed by atoms with Crippen LogP contribution in [-0.4, -0.2) is 60.2 Å². The van der Waals surface area contributed by atoms with E-state index in [1.165, 1.54) is 18.5 Å². The third kappa shape index (κ3) is 3.88. The van der Waals surface area contributed by atoms with E-state index >= 15 is 0 Å². The van der Waals surface area contributed by atoms with Crippen molar-refractivity contribution in [1.82, 2.24) is 19.9 Å². The van der Waals surface area contributed by atoms with Gasteiger partial charge in [0.15, 0.2) is 0 Å². The van der Waals surface area contributed by atoms with Gasteiger partial charge in [0.2, 0.25) is 5.95 Å². The minimum atomic E-state index is 0.393. The first-order valence-electron chi connectivity index (χ1n) is 10.4. The first-order chi connectivity index (χ1) is 13.5. The Morgan fingerprint density at radius 3 is 2.46 bits per heavy atom. The summed E-state index contributed by atoms with van der Waals surface area (Å²) >= 11 is 0. The molecule has 0 radical (unpaired) electrons. The number of anilines is 3. The molecule has 2 aromatic heterocycles. The second-order valence-electron chi connectivity index (χ2n) is 8.25. The average molecular weight is 382 g/mol. The molecule has 0 aromatic carbocycles. The minimum Gasteiger partial charge on any atom is -0.362 e. The van der Waals surface area contributed by atoms with Crippen LogP contribution in [0.4, 0.5) is 17.6 Å². The van der Waals surface area contributed by atoms with Crippen LogP contribution in [-0.2, 0) is 0 Å². The van der Waals surface area contributed by atoms with Crippen molar-refractivity contribution < 1.29 is 0 Å². The van der Waals surface area contributed by atoms with Gasteiger partial charge in [0.25, 0.3) is 0 Å². The lowest BCUT2D eigenvalue weighted by Crippen LogP contribution is -2.36. The van der Waals surface area contributed by atoms with Crippen LogP contribution in [0.25, 0.3) is 0 Å². The molecule has 0 aliphatic carbocycles. The molecular weight excluding hydrogens is 350 g/mol. The zero-order valence-corrected chi connectivity index (χ0v) is 17.5. The summed E-state index contributed by atoms with van der Waals surface area (Å²) in [7, 11) is 4.06. The molecule has 28 heavy (non-hydrogen) atoms. The van der Waals surface area contributed by atoms with Crippen LogP contribution in [0, 0.1) is 13.8 Å². The summed E-state index contributed by atoms with van der Waals surface area (Å²) in [6.07, 6.45) is 6.73. The Morgan fingerprint density at radius 1 is 0.964 bits per heavy atom. The van der Waals surface area contributed by atoms with Crippen LogP contribution in [0.5, 0.6) is 0 Å². The molecule has 0 spiro atoms. The monoisotopic (exact) mass is 381 g/mol. The number of nitrogens with zero attached hydrogens (tertiary/aromatic N) is 7. The van der Waals surface area contributed by atoms with E-state index in [-0.39, 0.29) is 0 Å². The Kier molecular flexibility index (Phi) is 5.33. The molecule has 150 valence electrons. The largest absolute Gasteiger partial charge is 0.362 e. The summed E-state index contributed by atoms with van der Waals surface area (Å²) < 4.78 is 0. The van der Waals surface area contributed by atoms with Crippen molar-refractivity contribution in [2.45, 2.75) is 45.4 Å². The van der Waals surface area contributed by atoms with Crippen LogP contribution in [0.3, 0.4) is 0 Å². The summed E-state index contributed by atoms with van der Waals surface area (Å²) in [5.74, 6) is 4.17.